The van der Waals surface area contributed by atoms with Gasteiger partial charge in [-0.25, -0.2) is 0 Å². The number of hydrogen-bond acceptors (Lipinski definition) is 1. The largest absolute Gasteiger partial charge is 0.327 e. The third-order valence-corrected chi connectivity index (χ3v) is 4.53. The van der Waals surface area contributed by atoms with Crippen molar-refractivity contribution in [3.05, 3.63) is 28.2 Å². The number of halogens is 1. The van der Waals surface area contributed by atoms with Gasteiger partial charge < -0.3 is 10.2 Å². The molecule has 1 aliphatic rings. The lowest BCUT2D eigenvalue weighted by Crippen LogP contribution is -3.13. The van der Waals surface area contributed by atoms with Gasteiger partial charge in [0.1, 0.15) is 0 Å². The van der Waals surface area contributed by atoms with Gasteiger partial charge in [0.15, 0.2) is 6.54 Å². The number of hydrogen-bond donors (Lipinski definition) is 2. The van der Waals surface area contributed by atoms with Gasteiger partial charge >= 0.3 is 0 Å². The van der Waals surface area contributed by atoms with E-state index in [4.69, 9.17) is 0 Å². The average molecular weight is 340 g/mol. The van der Waals surface area contributed by atoms with Gasteiger partial charge in [0.25, 0.3) is 5.91 Å². The van der Waals surface area contributed by atoms with E-state index in [9.17, 15) is 4.79 Å². The third kappa shape index (κ3) is 4.91. The number of rotatable bonds is 3. The Bertz CT molecular complexity index is 454. The zero-order chi connectivity index (χ0) is 14.4. The summed E-state index contributed by atoms with van der Waals surface area (Å²) < 4.78 is 0.952. The lowest BCUT2D eigenvalue weighted by Gasteiger charge is -2.21. The molecule has 3 nitrogen and oxygen atoms in total. The van der Waals surface area contributed by atoms with E-state index in [-0.39, 0.29) is 5.91 Å². The van der Waals surface area contributed by atoms with E-state index >= 15 is 0 Å². The summed E-state index contributed by atoms with van der Waals surface area (Å²) in [5.74, 6) is 0.116. The Kier molecular flexibility index (Phi) is 6.05. The Labute approximate surface area is 129 Å². The molecule has 1 aromatic rings. The molecule has 0 saturated carbocycles. The summed E-state index contributed by atoms with van der Waals surface area (Å²) in [4.78, 5) is 13.6. The highest BCUT2D eigenvalue weighted by atomic mass is 79.9. The van der Waals surface area contributed by atoms with Gasteiger partial charge in [-0.15, -0.1) is 0 Å². The van der Waals surface area contributed by atoms with Crippen LogP contribution in [0.25, 0.3) is 0 Å². The minimum absolute atomic E-state index is 0.116. The Balaban J connectivity index is 1.87. The second-order valence-corrected chi connectivity index (χ2v) is 6.58. The van der Waals surface area contributed by atoms with E-state index in [1.54, 1.807) is 0 Å². The van der Waals surface area contributed by atoms with Gasteiger partial charge in [-0.1, -0.05) is 12.5 Å². The van der Waals surface area contributed by atoms with Crippen LogP contribution in [0, 0.1) is 6.92 Å². The molecular formula is C16H24BrN2O+. The van der Waals surface area contributed by atoms with Crippen LogP contribution < -0.4 is 10.2 Å². The van der Waals surface area contributed by atoms with Crippen molar-refractivity contribution in [2.24, 2.45) is 0 Å². The molecule has 0 aromatic heterocycles. The number of nitrogens with one attached hydrogen (secondary N) is 2. The van der Waals surface area contributed by atoms with Crippen molar-refractivity contribution >= 4 is 27.5 Å². The summed E-state index contributed by atoms with van der Waals surface area (Å²) in [6, 6.07) is 6.00. The van der Waals surface area contributed by atoms with Crippen molar-refractivity contribution in [3.63, 3.8) is 0 Å². The highest BCUT2D eigenvalue weighted by molar-refractivity contribution is 9.10. The maximum Gasteiger partial charge on any atom is 0.279 e. The van der Waals surface area contributed by atoms with Crippen LogP contribution in [0.15, 0.2) is 22.7 Å². The fraction of sp³-hybridized carbons (Fsp3) is 0.562. The summed E-state index contributed by atoms with van der Waals surface area (Å²) in [5, 5.41) is 3.01. The number of benzene rings is 1. The molecule has 4 heteroatoms. The molecule has 1 fully saturated rings. The molecule has 1 aromatic carbocycles. The molecule has 0 spiro atoms. The minimum atomic E-state index is 0.116. The molecule has 0 atom stereocenters. The van der Waals surface area contributed by atoms with Crippen LogP contribution in [0.1, 0.15) is 37.7 Å². The quantitative estimate of drug-likeness (QED) is 0.871. The van der Waals surface area contributed by atoms with Crippen molar-refractivity contribution in [3.8, 4) is 0 Å². The lowest BCUT2D eigenvalue weighted by molar-refractivity contribution is -0.892. The van der Waals surface area contributed by atoms with Gasteiger partial charge in [0, 0.05) is 4.47 Å². The molecule has 0 radical (unpaired) electrons. The number of amides is 1. The summed E-state index contributed by atoms with van der Waals surface area (Å²) in [6.45, 7) is 4.88. The number of quaternary nitrogens is 1. The molecule has 1 aliphatic heterocycles. The maximum atomic E-state index is 12.2. The van der Waals surface area contributed by atoms with E-state index in [0.717, 1.165) is 23.2 Å². The first-order valence-corrected chi connectivity index (χ1v) is 8.34. The molecule has 0 unspecified atom stereocenters. The van der Waals surface area contributed by atoms with Crippen LogP contribution in [-0.4, -0.2) is 25.5 Å². The second-order valence-electron chi connectivity index (χ2n) is 5.73. The normalized spacial score (nSPS) is 17.3. The Morgan fingerprint density at radius 2 is 1.85 bits per heavy atom. The number of carbonyl (C=O) groups is 1. The molecule has 2 N–H and O–H groups in total. The Morgan fingerprint density at radius 1 is 1.20 bits per heavy atom. The van der Waals surface area contributed by atoms with Gasteiger partial charge in [0.05, 0.1) is 18.8 Å². The average Bonchev–Trinajstić information content (AvgIpc) is 2.36. The van der Waals surface area contributed by atoms with Gasteiger partial charge in [-0.2, -0.15) is 0 Å². The lowest BCUT2D eigenvalue weighted by atomic mass is 10.1. The zero-order valence-electron chi connectivity index (χ0n) is 12.2. The monoisotopic (exact) mass is 339 g/mol. The second kappa shape index (κ2) is 7.79. The van der Waals surface area contributed by atoms with Gasteiger partial charge in [0.2, 0.25) is 0 Å². The summed E-state index contributed by atoms with van der Waals surface area (Å²) in [5.41, 5.74) is 2.05. The number of carbonyl (C=O) groups excluding carboxylic acids is 1. The predicted molar refractivity (Wildman–Crippen MR) is 86.2 cm³/mol. The summed E-state index contributed by atoms with van der Waals surface area (Å²) in [7, 11) is 0. The maximum absolute atomic E-state index is 12.2. The Hall–Kier alpha value is -0.870. The zero-order valence-corrected chi connectivity index (χ0v) is 13.8. The number of anilines is 1. The minimum Gasteiger partial charge on any atom is -0.327 e. The molecule has 1 heterocycles. The highest BCUT2D eigenvalue weighted by Crippen LogP contribution is 2.23. The van der Waals surface area contributed by atoms with E-state index < -0.39 is 0 Å². The molecule has 1 amide bonds. The van der Waals surface area contributed by atoms with Crippen LogP contribution in [-0.2, 0) is 4.79 Å². The first kappa shape index (κ1) is 15.5. The first-order valence-electron chi connectivity index (χ1n) is 7.55. The van der Waals surface area contributed by atoms with Crippen molar-refractivity contribution < 1.29 is 9.69 Å². The smallest absolute Gasteiger partial charge is 0.279 e. The molecular weight excluding hydrogens is 316 g/mol. The predicted octanol–water partition coefficient (Wildman–Crippen LogP) is 2.55. The molecule has 0 bridgehead atoms. The number of likely N-dealkylation sites (tertiary alicyclic amines) is 1. The van der Waals surface area contributed by atoms with E-state index in [1.165, 1.54) is 42.6 Å². The van der Waals surface area contributed by atoms with E-state index in [2.05, 4.69) is 21.2 Å². The molecule has 0 aliphatic carbocycles. The summed E-state index contributed by atoms with van der Waals surface area (Å²) >= 11 is 3.50. The van der Waals surface area contributed by atoms with E-state index in [1.807, 2.05) is 25.1 Å². The fourth-order valence-corrected chi connectivity index (χ4v) is 3.32. The van der Waals surface area contributed by atoms with Crippen LogP contribution >= 0.6 is 15.9 Å². The molecule has 110 valence electrons. The molecule has 2 rings (SSSR count). The third-order valence-electron chi connectivity index (χ3n) is 3.87. The van der Waals surface area contributed by atoms with Crippen molar-refractivity contribution in [1.29, 1.82) is 0 Å². The standard InChI is InChI=1S/C16H23BrN2O/c1-13-7-8-15(14(17)11-13)18-16(20)12-19-9-5-3-2-4-6-10-19/h7-8,11H,2-6,9-10,12H2,1H3,(H,18,20)/p+1. The van der Waals surface area contributed by atoms with Crippen LogP contribution in [0.4, 0.5) is 5.69 Å². The molecule has 20 heavy (non-hydrogen) atoms. The van der Waals surface area contributed by atoms with Crippen molar-refractivity contribution in [2.45, 2.75) is 39.0 Å². The van der Waals surface area contributed by atoms with Crippen molar-refractivity contribution in [2.75, 3.05) is 25.0 Å². The highest BCUT2D eigenvalue weighted by Gasteiger charge is 2.16. The van der Waals surface area contributed by atoms with Crippen LogP contribution in [0.2, 0.25) is 0 Å². The van der Waals surface area contributed by atoms with Crippen LogP contribution in [0.5, 0.6) is 0 Å². The van der Waals surface area contributed by atoms with Crippen molar-refractivity contribution in [1.82, 2.24) is 0 Å². The van der Waals surface area contributed by atoms with E-state index in [0.29, 0.717) is 6.54 Å². The topological polar surface area (TPSA) is 33.5 Å². The SMILES string of the molecule is Cc1ccc(NC(=O)C[NH+]2CCCCCCC2)c(Br)c1. The Morgan fingerprint density at radius 3 is 2.50 bits per heavy atom. The molecule has 1 saturated heterocycles. The van der Waals surface area contributed by atoms with Gasteiger partial charge in [-0.05, 0) is 66.2 Å². The fourth-order valence-electron chi connectivity index (χ4n) is 2.73. The van der Waals surface area contributed by atoms with Gasteiger partial charge in [-0.3, -0.25) is 4.79 Å². The first-order chi connectivity index (χ1) is 9.65. The van der Waals surface area contributed by atoms with Crippen LogP contribution in [0.3, 0.4) is 0 Å². The number of aryl methyl sites for hydroxylation is 1. The summed E-state index contributed by atoms with van der Waals surface area (Å²) in [6.07, 6.45) is 6.48.